The number of halogens is 1. The predicted molar refractivity (Wildman–Crippen MR) is 64.4 cm³/mol. The first-order valence-corrected chi connectivity index (χ1v) is 5.23. The molecule has 0 bridgehead atoms. The second-order valence-electron chi connectivity index (χ2n) is 3.53. The van der Waals surface area contributed by atoms with Crippen LogP contribution in [0.4, 0.5) is 11.4 Å². The molecule has 0 unspecified atom stereocenters. The molecule has 0 saturated heterocycles. The Labute approximate surface area is 98.4 Å². The van der Waals surface area contributed by atoms with Crippen LogP contribution in [0, 0.1) is 6.92 Å². The zero-order valence-electron chi connectivity index (χ0n) is 8.83. The summed E-state index contributed by atoms with van der Waals surface area (Å²) in [5.41, 5.74) is 9.12. The topological polar surface area (TPSA) is 64.1 Å². The Morgan fingerprint density at radius 2 is 2.31 bits per heavy atom. The number of anilines is 2. The Hall–Kier alpha value is -1.68. The van der Waals surface area contributed by atoms with Crippen LogP contribution in [-0.2, 0) is 6.54 Å². The molecule has 0 amide bonds. The van der Waals surface area contributed by atoms with Gasteiger partial charge in [-0.25, -0.2) is 0 Å². The highest BCUT2D eigenvalue weighted by atomic mass is 35.5. The van der Waals surface area contributed by atoms with E-state index in [0.717, 1.165) is 16.9 Å². The Bertz CT molecular complexity index is 482. The molecule has 2 rings (SSSR count). The summed E-state index contributed by atoms with van der Waals surface area (Å²) in [4.78, 5) is 0. The van der Waals surface area contributed by atoms with Crippen molar-refractivity contribution in [3.63, 3.8) is 0 Å². The molecule has 0 radical (unpaired) electrons. The number of hydrogen-bond acceptors (Lipinski definition) is 4. The van der Waals surface area contributed by atoms with Crippen LogP contribution >= 0.6 is 11.6 Å². The van der Waals surface area contributed by atoms with Crippen molar-refractivity contribution in [2.24, 2.45) is 0 Å². The monoisotopic (exact) mass is 237 g/mol. The number of nitrogen functional groups attached to an aromatic ring is 1. The largest absolute Gasteiger partial charge is 0.398 e. The molecule has 0 aliphatic heterocycles. The standard InChI is InChI=1S/C11H12ClN3O/c1-7-4-10(13)9(12)5-11(7)14-6-8-2-3-16-15-8/h2-5,14H,6,13H2,1H3. The number of aryl methyl sites for hydroxylation is 1. The van der Waals surface area contributed by atoms with Crippen molar-refractivity contribution in [2.45, 2.75) is 13.5 Å². The molecule has 0 atom stereocenters. The van der Waals surface area contributed by atoms with Crippen molar-refractivity contribution in [3.05, 3.63) is 40.7 Å². The van der Waals surface area contributed by atoms with E-state index < -0.39 is 0 Å². The zero-order chi connectivity index (χ0) is 11.5. The second kappa shape index (κ2) is 4.45. The number of nitrogens with zero attached hydrogens (tertiary/aromatic N) is 1. The minimum atomic E-state index is 0.549. The molecule has 1 aromatic carbocycles. The zero-order valence-corrected chi connectivity index (χ0v) is 9.58. The average Bonchev–Trinajstić information content (AvgIpc) is 2.74. The fraction of sp³-hybridized carbons (Fsp3) is 0.182. The molecular formula is C11H12ClN3O. The van der Waals surface area contributed by atoms with Gasteiger partial charge >= 0.3 is 0 Å². The fourth-order valence-corrected chi connectivity index (χ4v) is 1.57. The van der Waals surface area contributed by atoms with Gasteiger partial charge in [0, 0.05) is 11.8 Å². The van der Waals surface area contributed by atoms with Crippen molar-refractivity contribution < 1.29 is 4.52 Å². The number of aromatic nitrogens is 1. The van der Waals surface area contributed by atoms with Crippen molar-refractivity contribution in [1.82, 2.24) is 5.16 Å². The van der Waals surface area contributed by atoms with Gasteiger partial charge in [-0.2, -0.15) is 0 Å². The Morgan fingerprint density at radius 3 is 3.00 bits per heavy atom. The second-order valence-corrected chi connectivity index (χ2v) is 3.94. The number of hydrogen-bond donors (Lipinski definition) is 2. The molecule has 0 spiro atoms. The smallest absolute Gasteiger partial charge is 0.124 e. The number of benzene rings is 1. The first kappa shape index (κ1) is 10.8. The maximum Gasteiger partial charge on any atom is 0.124 e. The van der Waals surface area contributed by atoms with Crippen LogP contribution in [-0.4, -0.2) is 5.16 Å². The van der Waals surface area contributed by atoms with Gasteiger partial charge in [-0.15, -0.1) is 0 Å². The van der Waals surface area contributed by atoms with E-state index in [-0.39, 0.29) is 0 Å². The number of nitrogens with two attached hydrogens (primary N) is 1. The lowest BCUT2D eigenvalue weighted by Gasteiger charge is -2.10. The molecule has 16 heavy (non-hydrogen) atoms. The molecular weight excluding hydrogens is 226 g/mol. The minimum absolute atomic E-state index is 0.549. The quantitative estimate of drug-likeness (QED) is 0.806. The maximum absolute atomic E-state index is 5.95. The molecule has 0 aliphatic carbocycles. The Balaban J connectivity index is 2.12. The lowest BCUT2D eigenvalue weighted by atomic mass is 10.2. The molecule has 1 aromatic heterocycles. The lowest BCUT2D eigenvalue weighted by Crippen LogP contribution is -2.02. The van der Waals surface area contributed by atoms with Gasteiger partial charge in [0.1, 0.15) is 12.0 Å². The molecule has 0 fully saturated rings. The van der Waals surface area contributed by atoms with Crippen molar-refractivity contribution in [3.8, 4) is 0 Å². The molecule has 0 aliphatic rings. The summed E-state index contributed by atoms with van der Waals surface area (Å²) >= 11 is 5.95. The summed E-state index contributed by atoms with van der Waals surface area (Å²) < 4.78 is 4.74. The van der Waals surface area contributed by atoms with Crippen LogP contribution in [0.3, 0.4) is 0 Å². The first-order chi connectivity index (χ1) is 7.66. The number of nitrogens with one attached hydrogen (secondary N) is 1. The molecule has 5 heteroatoms. The van der Waals surface area contributed by atoms with E-state index in [2.05, 4.69) is 10.5 Å². The summed E-state index contributed by atoms with van der Waals surface area (Å²) in [6.07, 6.45) is 1.54. The van der Waals surface area contributed by atoms with E-state index in [1.54, 1.807) is 12.3 Å². The SMILES string of the molecule is Cc1cc(N)c(Cl)cc1NCc1ccon1. The molecule has 1 heterocycles. The van der Waals surface area contributed by atoms with Crippen LogP contribution in [0.1, 0.15) is 11.3 Å². The summed E-state index contributed by atoms with van der Waals surface area (Å²) in [5, 5.41) is 7.58. The van der Waals surface area contributed by atoms with Crippen LogP contribution < -0.4 is 11.1 Å². The third kappa shape index (κ3) is 2.28. The summed E-state index contributed by atoms with van der Waals surface area (Å²) in [6.45, 7) is 2.56. The van der Waals surface area contributed by atoms with Gasteiger partial charge in [0.25, 0.3) is 0 Å². The third-order valence-corrected chi connectivity index (χ3v) is 2.62. The third-order valence-electron chi connectivity index (χ3n) is 2.29. The normalized spacial score (nSPS) is 10.4. The van der Waals surface area contributed by atoms with E-state index in [0.29, 0.717) is 17.3 Å². The highest BCUT2D eigenvalue weighted by Gasteiger charge is 2.04. The van der Waals surface area contributed by atoms with Crippen molar-refractivity contribution >= 4 is 23.0 Å². The molecule has 2 aromatic rings. The van der Waals surface area contributed by atoms with Crippen LogP contribution in [0.5, 0.6) is 0 Å². The van der Waals surface area contributed by atoms with Crippen LogP contribution in [0.25, 0.3) is 0 Å². The lowest BCUT2D eigenvalue weighted by molar-refractivity contribution is 0.412. The number of rotatable bonds is 3. The van der Waals surface area contributed by atoms with Gasteiger partial charge in [0.05, 0.1) is 17.3 Å². The minimum Gasteiger partial charge on any atom is -0.398 e. The van der Waals surface area contributed by atoms with E-state index in [1.165, 1.54) is 0 Å². The van der Waals surface area contributed by atoms with Crippen molar-refractivity contribution in [1.29, 1.82) is 0 Å². The maximum atomic E-state index is 5.95. The van der Waals surface area contributed by atoms with Gasteiger partial charge in [-0.1, -0.05) is 16.8 Å². The van der Waals surface area contributed by atoms with Gasteiger partial charge in [0.15, 0.2) is 0 Å². The van der Waals surface area contributed by atoms with Crippen LogP contribution in [0.2, 0.25) is 5.02 Å². The highest BCUT2D eigenvalue weighted by Crippen LogP contribution is 2.26. The predicted octanol–water partition coefficient (Wildman–Crippen LogP) is 2.83. The Kier molecular flexibility index (Phi) is 3.01. The van der Waals surface area contributed by atoms with E-state index in [4.69, 9.17) is 21.9 Å². The molecule has 4 nitrogen and oxygen atoms in total. The van der Waals surface area contributed by atoms with E-state index in [9.17, 15) is 0 Å². The van der Waals surface area contributed by atoms with Crippen LogP contribution in [0.15, 0.2) is 29.0 Å². The summed E-state index contributed by atoms with van der Waals surface area (Å²) in [6, 6.07) is 5.46. The first-order valence-electron chi connectivity index (χ1n) is 4.85. The summed E-state index contributed by atoms with van der Waals surface area (Å²) in [7, 11) is 0. The van der Waals surface area contributed by atoms with Gasteiger partial charge in [0.2, 0.25) is 0 Å². The van der Waals surface area contributed by atoms with Gasteiger partial charge in [-0.3, -0.25) is 0 Å². The Morgan fingerprint density at radius 1 is 1.50 bits per heavy atom. The van der Waals surface area contributed by atoms with Gasteiger partial charge in [-0.05, 0) is 24.6 Å². The van der Waals surface area contributed by atoms with Gasteiger partial charge < -0.3 is 15.6 Å². The average molecular weight is 238 g/mol. The summed E-state index contributed by atoms with van der Waals surface area (Å²) in [5.74, 6) is 0. The van der Waals surface area contributed by atoms with E-state index in [1.807, 2.05) is 19.1 Å². The highest BCUT2D eigenvalue weighted by molar-refractivity contribution is 6.33. The molecule has 0 saturated carbocycles. The molecule has 3 N–H and O–H groups in total. The van der Waals surface area contributed by atoms with Crippen molar-refractivity contribution in [2.75, 3.05) is 11.1 Å². The van der Waals surface area contributed by atoms with E-state index >= 15 is 0 Å². The molecule has 84 valence electrons. The fourth-order valence-electron chi connectivity index (χ4n) is 1.41.